The summed E-state index contributed by atoms with van der Waals surface area (Å²) >= 11 is 6.01. The Balaban J connectivity index is 2.87. The third kappa shape index (κ3) is 4.49. The molecule has 0 aliphatic heterocycles. The summed E-state index contributed by atoms with van der Waals surface area (Å²) in [6.45, 7) is 0.350. The summed E-state index contributed by atoms with van der Waals surface area (Å²) in [6, 6.07) is 4.72. The molecule has 1 aromatic rings. The Kier molecular flexibility index (Phi) is 5.34. The van der Waals surface area contributed by atoms with Crippen LogP contribution in [-0.4, -0.2) is 46.1 Å². The van der Waals surface area contributed by atoms with Crippen LogP contribution in [0.25, 0.3) is 0 Å². The number of amides is 1. The summed E-state index contributed by atoms with van der Waals surface area (Å²) in [5.74, 6) is -0.0899. The molecule has 0 unspecified atom stereocenters. The van der Waals surface area contributed by atoms with E-state index >= 15 is 0 Å². The van der Waals surface area contributed by atoms with Crippen molar-refractivity contribution in [1.29, 1.82) is 0 Å². The van der Waals surface area contributed by atoms with Crippen LogP contribution in [0, 0.1) is 0 Å². The molecular weight excluding hydrogens is 288 g/mol. The number of likely N-dealkylation sites (N-methyl/N-ethyl adjacent to an activating group) is 1. The first-order valence-corrected chi connectivity index (χ1v) is 7.88. The second-order valence-electron chi connectivity index (χ2n) is 4.38. The average Bonchev–Trinajstić information content (AvgIpc) is 2.29. The third-order valence-electron chi connectivity index (χ3n) is 2.55. The number of nitrogens with one attached hydrogen (secondary N) is 1. The van der Waals surface area contributed by atoms with E-state index in [4.69, 9.17) is 11.6 Å². The zero-order chi connectivity index (χ0) is 14.6. The van der Waals surface area contributed by atoms with E-state index in [0.717, 1.165) is 6.26 Å². The van der Waals surface area contributed by atoms with Crippen molar-refractivity contribution in [2.75, 3.05) is 26.9 Å². The Morgan fingerprint density at radius 3 is 2.53 bits per heavy atom. The summed E-state index contributed by atoms with van der Waals surface area (Å²) in [5.41, 5.74) is 0.484. The minimum atomic E-state index is -3.34. The van der Waals surface area contributed by atoms with Gasteiger partial charge < -0.3 is 10.2 Å². The van der Waals surface area contributed by atoms with Gasteiger partial charge in [-0.3, -0.25) is 4.79 Å². The van der Waals surface area contributed by atoms with Crippen LogP contribution in [0.3, 0.4) is 0 Å². The zero-order valence-electron chi connectivity index (χ0n) is 11.1. The Hall–Kier alpha value is -1.11. The summed E-state index contributed by atoms with van der Waals surface area (Å²) < 4.78 is 23.3. The minimum absolute atomic E-state index is 0.0899. The number of carbonyl (C=O) groups excluding carboxylic acids is 1. The molecule has 0 fully saturated rings. The number of sulfone groups is 1. The lowest BCUT2D eigenvalue weighted by Crippen LogP contribution is -2.32. The lowest BCUT2D eigenvalue weighted by molar-refractivity contribution is -0.127. The van der Waals surface area contributed by atoms with Crippen LogP contribution >= 0.6 is 11.6 Å². The molecule has 1 rings (SSSR count). The zero-order valence-corrected chi connectivity index (χ0v) is 12.7. The molecule has 0 heterocycles. The number of carbonyl (C=O) groups is 1. The molecule has 5 nitrogen and oxygen atoms in total. The van der Waals surface area contributed by atoms with Gasteiger partial charge in [-0.2, -0.15) is 0 Å². The number of benzene rings is 1. The molecule has 0 atom stereocenters. The van der Waals surface area contributed by atoms with E-state index in [9.17, 15) is 13.2 Å². The highest BCUT2D eigenvalue weighted by Gasteiger charge is 2.15. The average molecular weight is 305 g/mol. The Bertz CT molecular complexity index is 570. The monoisotopic (exact) mass is 304 g/mol. The van der Waals surface area contributed by atoms with Crippen LogP contribution in [0.4, 0.5) is 0 Å². The highest BCUT2D eigenvalue weighted by molar-refractivity contribution is 7.90. The number of halogens is 1. The number of hydrogen-bond donors (Lipinski definition) is 1. The van der Waals surface area contributed by atoms with Crippen LogP contribution in [0.5, 0.6) is 0 Å². The molecule has 19 heavy (non-hydrogen) atoms. The van der Waals surface area contributed by atoms with Gasteiger partial charge >= 0.3 is 0 Å². The smallest absolute Gasteiger partial charge is 0.236 e. The van der Waals surface area contributed by atoms with Crippen LogP contribution in [0.15, 0.2) is 23.1 Å². The van der Waals surface area contributed by atoms with E-state index < -0.39 is 9.84 Å². The Labute approximate surface area is 118 Å². The molecule has 0 saturated heterocycles. The van der Waals surface area contributed by atoms with E-state index in [1.807, 2.05) is 0 Å². The number of hydrogen-bond acceptors (Lipinski definition) is 4. The number of rotatable bonds is 5. The van der Waals surface area contributed by atoms with E-state index in [2.05, 4.69) is 5.32 Å². The van der Waals surface area contributed by atoms with E-state index in [0.29, 0.717) is 10.6 Å². The van der Waals surface area contributed by atoms with Crippen molar-refractivity contribution >= 4 is 27.3 Å². The van der Waals surface area contributed by atoms with E-state index in [1.165, 1.54) is 11.0 Å². The van der Waals surface area contributed by atoms with Crippen molar-refractivity contribution in [3.05, 3.63) is 28.8 Å². The van der Waals surface area contributed by atoms with Gasteiger partial charge in [-0.15, -0.1) is 0 Å². The SMILES string of the molecule is CN(C)C(=O)CNCc1c(Cl)cccc1S(C)(=O)=O. The second-order valence-corrected chi connectivity index (χ2v) is 6.77. The summed E-state index contributed by atoms with van der Waals surface area (Å²) in [5, 5.41) is 3.26. The van der Waals surface area contributed by atoms with E-state index in [1.54, 1.807) is 26.2 Å². The second kappa shape index (κ2) is 6.36. The van der Waals surface area contributed by atoms with Gasteiger partial charge in [0.1, 0.15) is 0 Å². The fraction of sp³-hybridized carbons (Fsp3) is 0.417. The molecule has 106 valence electrons. The van der Waals surface area contributed by atoms with Crippen molar-refractivity contribution in [2.24, 2.45) is 0 Å². The summed E-state index contributed by atoms with van der Waals surface area (Å²) in [7, 11) is -0.0343. The highest BCUT2D eigenvalue weighted by Crippen LogP contribution is 2.23. The van der Waals surface area contributed by atoms with Crippen LogP contribution in [-0.2, 0) is 21.2 Å². The van der Waals surface area contributed by atoms with Crippen LogP contribution < -0.4 is 5.32 Å². The summed E-state index contributed by atoms with van der Waals surface area (Å²) in [6.07, 6.45) is 1.13. The first-order valence-electron chi connectivity index (χ1n) is 5.62. The lowest BCUT2D eigenvalue weighted by Gasteiger charge is -2.13. The largest absolute Gasteiger partial charge is 0.348 e. The summed E-state index contributed by atoms with van der Waals surface area (Å²) in [4.78, 5) is 13.1. The molecule has 0 radical (unpaired) electrons. The van der Waals surface area contributed by atoms with Crippen molar-refractivity contribution in [1.82, 2.24) is 10.2 Å². The van der Waals surface area contributed by atoms with Crippen molar-refractivity contribution in [2.45, 2.75) is 11.4 Å². The molecule has 0 bridgehead atoms. The molecule has 7 heteroatoms. The topological polar surface area (TPSA) is 66.5 Å². The van der Waals surface area contributed by atoms with Gasteiger partial charge in [0, 0.05) is 37.5 Å². The fourth-order valence-electron chi connectivity index (χ4n) is 1.51. The molecule has 0 aromatic heterocycles. The standard InChI is InChI=1S/C12H17ClN2O3S/c1-15(2)12(16)8-14-7-9-10(13)5-4-6-11(9)19(3,17)18/h4-6,14H,7-8H2,1-3H3. The van der Waals surface area contributed by atoms with Crippen molar-refractivity contribution < 1.29 is 13.2 Å². The first kappa shape index (κ1) is 15.9. The predicted molar refractivity (Wildman–Crippen MR) is 75.0 cm³/mol. The fourth-order valence-corrected chi connectivity index (χ4v) is 2.76. The lowest BCUT2D eigenvalue weighted by atomic mass is 10.2. The molecule has 0 spiro atoms. The maximum Gasteiger partial charge on any atom is 0.236 e. The Morgan fingerprint density at radius 1 is 1.37 bits per heavy atom. The number of nitrogens with zero attached hydrogens (tertiary/aromatic N) is 1. The molecule has 0 aliphatic rings. The van der Waals surface area contributed by atoms with Crippen LogP contribution in [0.1, 0.15) is 5.56 Å². The quantitative estimate of drug-likeness (QED) is 0.878. The minimum Gasteiger partial charge on any atom is -0.348 e. The van der Waals surface area contributed by atoms with Crippen molar-refractivity contribution in [3.63, 3.8) is 0 Å². The van der Waals surface area contributed by atoms with Gasteiger partial charge in [0.15, 0.2) is 9.84 Å². The van der Waals surface area contributed by atoms with Gasteiger partial charge in [-0.05, 0) is 12.1 Å². The van der Waals surface area contributed by atoms with E-state index in [-0.39, 0.29) is 23.9 Å². The first-order chi connectivity index (χ1) is 8.73. The highest BCUT2D eigenvalue weighted by atomic mass is 35.5. The molecular formula is C12H17ClN2O3S. The van der Waals surface area contributed by atoms with Crippen LogP contribution in [0.2, 0.25) is 5.02 Å². The van der Waals surface area contributed by atoms with Gasteiger partial charge in [0.2, 0.25) is 5.91 Å². The van der Waals surface area contributed by atoms with Gasteiger partial charge in [-0.1, -0.05) is 17.7 Å². The maximum atomic E-state index is 11.6. The van der Waals surface area contributed by atoms with Gasteiger partial charge in [0.25, 0.3) is 0 Å². The Morgan fingerprint density at radius 2 is 2.00 bits per heavy atom. The third-order valence-corrected chi connectivity index (χ3v) is 4.09. The molecule has 1 aromatic carbocycles. The van der Waals surface area contributed by atoms with Gasteiger partial charge in [-0.25, -0.2) is 8.42 Å². The van der Waals surface area contributed by atoms with Crippen molar-refractivity contribution in [3.8, 4) is 0 Å². The van der Waals surface area contributed by atoms with Gasteiger partial charge in [0.05, 0.1) is 11.4 Å². The molecule has 0 aliphatic carbocycles. The molecule has 0 saturated carbocycles. The molecule has 1 amide bonds. The molecule has 1 N–H and O–H groups in total. The normalized spacial score (nSPS) is 11.4. The maximum absolute atomic E-state index is 11.6. The predicted octanol–water partition coefficient (Wildman–Crippen LogP) is 0.921.